The second-order valence-electron chi connectivity index (χ2n) is 5.88. The number of hydrogen-bond acceptors (Lipinski definition) is 3. The number of allylic oxidation sites excluding steroid dienone is 4. The molecule has 2 aliphatic carbocycles. The van der Waals surface area contributed by atoms with E-state index < -0.39 is 10.0 Å². The van der Waals surface area contributed by atoms with Gasteiger partial charge in [-0.05, 0) is 50.6 Å². The molecule has 0 amide bonds. The summed E-state index contributed by atoms with van der Waals surface area (Å²) in [4.78, 5) is 0. The van der Waals surface area contributed by atoms with Crippen LogP contribution in [0.5, 0.6) is 0 Å². The lowest BCUT2D eigenvalue weighted by Gasteiger charge is -2.25. The highest BCUT2D eigenvalue weighted by molar-refractivity contribution is 7.90. The van der Waals surface area contributed by atoms with Crippen molar-refractivity contribution in [2.75, 3.05) is 6.54 Å². The fraction of sp³-hybridized carbons (Fsp3) is 0.733. The van der Waals surface area contributed by atoms with Gasteiger partial charge in [-0.15, -0.1) is 0 Å². The predicted molar refractivity (Wildman–Crippen MR) is 82.5 cm³/mol. The van der Waals surface area contributed by atoms with Crippen molar-refractivity contribution in [3.63, 3.8) is 0 Å². The minimum absolute atomic E-state index is 0.203. The van der Waals surface area contributed by atoms with E-state index in [1.165, 1.54) is 6.42 Å². The summed E-state index contributed by atoms with van der Waals surface area (Å²) in [6, 6.07) is 0. The van der Waals surface area contributed by atoms with Crippen molar-refractivity contribution in [2.45, 2.75) is 56.6 Å². The maximum atomic E-state index is 12.4. The highest BCUT2D eigenvalue weighted by Crippen LogP contribution is 2.26. The van der Waals surface area contributed by atoms with Crippen molar-refractivity contribution in [1.82, 2.24) is 4.72 Å². The van der Waals surface area contributed by atoms with Crippen LogP contribution in [0.2, 0.25) is 0 Å². The maximum Gasteiger partial charge on any atom is 0.235 e. The van der Waals surface area contributed by atoms with Crippen LogP contribution in [0.4, 0.5) is 0 Å². The van der Waals surface area contributed by atoms with Crippen LogP contribution in [0.3, 0.4) is 0 Å². The Bertz CT molecular complexity index is 462. The van der Waals surface area contributed by atoms with E-state index in [0.717, 1.165) is 50.6 Å². The van der Waals surface area contributed by atoms with Crippen LogP contribution in [0, 0.1) is 5.92 Å². The summed E-state index contributed by atoms with van der Waals surface area (Å²) in [6.07, 6.45) is 13.6. The van der Waals surface area contributed by atoms with Crippen molar-refractivity contribution in [3.05, 3.63) is 23.9 Å². The molecule has 3 N–H and O–H groups in total. The summed E-state index contributed by atoms with van der Waals surface area (Å²) >= 11 is 0. The topological polar surface area (TPSA) is 72.2 Å². The molecule has 0 aliphatic heterocycles. The Morgan fingerprint density at radius 1 is 1.25 bits per heavy atom. The van der Waals surface area contributed by atoms with E-state index in [9.17, 15) is 8.42 Å². The molecule has 0 heterocycles. The molecule has 2 rings (SSSR count). The molecule has 2 aliphatic rings. The largest absolute Gasteiger partial charge is 0.330 e. The normalized spacial score (nSPS) is 24.4. The molecule has 1 saturated carbocycles. The smallest absolute Gasteiger partial charge is 0.235 e. The summed E-state index contributed by atoms with van der Waals surface area (Å²) in [5, 5.41) is -0.203. The van der Waals surface area contributed by atoms with Gasteiger partial charge in [0, 0.05) is 5.70 Å². The summed E-state index contributed by atoms with van der Waals surface area (Å²) in [5.74, 6) is 0.410. The number of nitrogens with two attached hydrogens (primary N) is 1. The third kappa shape index (κ3) is 4.35. The summed E-state index contributed by atoms with van der Waals surface area (Å²) < 4.78 is 27.6. The van der Waals surface area contributed by atoms with E-state index in [0.29, 0.717) is 12.5 Å². The molecule has 0 bridgehead atoms. The Labute approximate surface area is 122 Å². The molecule has 0 saturated heterocycles. The van der Waals surface area contributed by atoms with E-state index in [2.05, 4.69) is 10.8 Å². The van der Waals surface area contributed by atoms with Crippen LogP contribution >= 0.6 is 0 Å². The first-order valence-corrected chi connectivity index (χ1v) is 9.25. The van der Waals surface area contributed by atoms with Crippen LogP contribution in [-0.2, 0) is 10.0 Å². The van der Waals surface area contributed by atoms with Crippen LogP contribution in [0.15, 0.2) is 23.9 Å². The first-order valence-electron chi connectivity index (χ1n) is 7.71. The third-order valence-electron chi connectivity index (χ3n) is 4.21. The lowest BCUT2D eigenvalue weighted by molar-refractivity contribution is 0.477. The van der Waals surface area contributed by atoms with Crippen molar-refractivity contribution in [1.29, 1.82) is 0 Å². The van der Waals surface area contributed by atoms with Gasteiger partial charge in [0.2, 0.25) is 10.0 Å². The molecule has 0 aromatic rings. The Balaban J connectivity index is 1.92. The second-order valence-corrected chi connectivity index (χ2v) is 7.84. The fourth-order valence-corrected chi connectivity index (χ4v) is 4.68. The van der Waals surface area contributed by atoms with Gasteiger partial charge in [0.1, 0.15) is 0 Å². The van der Waals surface area contributed by atoms with E-state index in [1.54, 1.807) is 0 Å². The summed E-state index contributed by atoms with van der Waals surface area (Å²) in [7, 11) is -3.20. The zero-order chi connectivity index (χ0) is 14.4. The molecule has 5 heteroatoms. The van der Waals surface area contributed by atoms with Crippen molar-refractivity contribution >= 4 is 10.0 Å². The number of hydrogen-bond donors (Lipinski definition) is 2. The summed E-state index contributed by atoms with van der Waals surface area (Å²) in [6.45, 7) is 0.692. The Hall–Kier alpha value is -0.810. The van der Waals surface area contributed by atoms with Gasteiger partial charge in [-0.25, -0.2) is 8.42 Å². The second kappa shape index (κ2) is 7.27. The third-order valence-corrected chi connectivity index (χ3v) is 6.10. The average Bonchev–Trinajstić information content (AvgIpc) is 2.46. The molecule has 1 unspecified atom stereocenters. The Kier molecular flexibility index (Phi) is 5.66. The van der Waals surface area contributed by atoms with Crippen LogP contribution < -0.4 is 10.5 Å². The first kappa shape index (κ1) is 15.6. The van der Waals surface area contributed by atoms with Crippen LogP contribution in [0.1, 0.15) is 51.4 Å². The molecular weight excluding hydrogens is 272 g/mol. The van der Waals surface area contributed by atoms with Gasteiger partial charge in [-0.1, -0.05) is 31.4 Å². The monoisotopic (exact) mass is 298 g/mol. The average molecular weight is 298 g/mol. The lowest BCUT2D eigenvalue weighted by Crippen LogP contribution is -2.35. The number of sulfonamides is 1. The van der Waals surface area contributed by atoms with E-state index >= 15 is 0 Å². The fourth-order valence-electron chi connectivity index (χ4n) is 3.04. The molecule has 0 aromatic carbocycles. The molecule has 0 spiro atoms. The number of rotatable bonds is 6. The summed E-state index contributed by atoms with van der Waals surface area (Å²) in [5.41, 5.74) is 6.36. The van der Waals surface area contributed by atoms with Gasteiger partial charge < -0.3 is 5.73 Å². The van der Waals surface area contributed by atoms with Crippen molar-refractivity contribution < 1.29 is 8.42 Å². The van der Waals surface area contributed by atoms with Crippen molar-refractivity contribution in [3.8, 4) is 0 Å². The van der Waals surface area contributed by atoms with Gasteiger partial charge in [0.05, 0.1) is 5.25 Å². The maximum absolute atomic E-state index is 12.4. The Morgan fingerprint density at radius 2 is 2.00 bits per heavy atom. The molecule has 114 valence electrons. The van der Waals surface area contributed by atoms with E-state index in [-0.39, 0.29) is 5.25 Å². The molecule has 0 aromatic heterocycles. The minimum atomic E-state index is -3.20. The molecule has 1 atom stereocenters. The molecule has 1 fully saturated rings. The van der Waals surface area contributed by atoms with Crippen LogP contribution in [0.25, 0.3) is 0 Å². The molecule has 20 heavy (non-hydrogen) atoms. The standard InChI is InChI=1S/C15H26N2O2S/c16-11-5-7-13-6-4-8-14(12-13)17-20(18,19)15-9-2-1-3-10-15/h4,6,8,13,15,17H,1-3,5,7,9-12,16H2. The molecule has 0 radical (unpaired) electrons. The molecular formula is C15H26N2O2S. The highest BCUT2D eigenvalue weighted by atomic mass is 32.2. The van der Waals surface area contributed by atoms with E-state index in [1.807, 2.05) is 12.2 Å². The number of nitrogens with one attached hydrogen (secondary N) is 1. The SMILES string of the molecule is NCCCC1C=CC=C(NS(=O)(=O)C2CCCCC2)C1. The minimum Gasteiger partial charge on any atom is -0.330 e. The molecule has 4 nitrogen and oxygen atoms in total. The van der Waals surface area contributed by atoms with Gasteiger partial charge in [0.15, 0.2) is 0 Å². The van der Waals surface area contributed by atoms with Gasteiger partial charge in [-0.3, -0.25) is 4.72 Å². The highest BCUT2D eigenvalue weighted by Gasteiger charge is 2.28. The van der Waals surface area contributed by atoms with Gasteiger partial charge in [-0.2, -0.15) is 0 Å². The van der Waals surface area contributed by atoms with Gasteiger partial charge >= 0.3 is 0 Å². The quantitative estimate of drug-likeness (QED) is 0.791. The first-order chi connectivity index (χ1) is 9.62. The van der Waals surface area contributed by atoms with Gasteiger partial charge in [0.25, 0.3) is 0 Å². The zero-order valence-electron chi connectivity index (χ0n) is 12.1. The zero-order valence-corrected chi connectivity index (χ0v) is 12.9. The Morgan fingerprint density at radius 3 is 2.70 bits per heavy atom. The lowest BCUT2D eigenvalue weighted by atomic mass is 9.94. The van der Waals surface area contributed by atoms with Crippen molar-refractivity contribution in [2.24, 2.45) is 11.7 Å². The van der Waals surface area contributed by atoms with E-state index in [4.69, 9.17) is 5.73 Å². The van der Waals surface area contributed by atoms with Crippen LogP contribution in [-0.4, -0.2) is 20.2 Å². The predicted octanol–water partition coefficient (Wildman–Crippen LogP) is 2.44.